The van der Waals surface area contributed by atoms with Gasteiger partial charge in [-0.1, -0.05) is 13.8 Å². The molecule has 0 aromatic heterocycles. The van der Waals surface area contributed by atoms with Gasteiger partial charge in [0.1, 0.15) is 0 Å². The number of benzene rings is 1. The summed E-state index contributed by atoms with van der Waals surface area (Å²) in [5, 5.41) is 3.02. The van der Waals surface area contributed by atoms with Gasteiger partial charge in [0.05, 0.1) is 10.6 Å². The molecule has 2 aliphatic heterocycles. The molecule has 5 nitrogen and oxygen atoms in total. The third kappa shape index (κ3) is 3.56. The van der Waals surface area contributed by atoms with Crippen molar-refractivity contribution >= 4 is 33.4 Å². The van der Waals surface area contributed by atoms with Crippen LogP contribution >= 0.6 is 11.8 Å². The van der Waals surface area contributed by atoms with Crippen LogP contribution in [0.4, 0.5) is 5.69 Å². The molecule has 1 fully saturated rings. The number of anilines is 1. The van der Waals surface area contributed by atoms with Crippen molar-refractivity contribution in [3.63, 3.8) is 0 Å². The van der Waals surface area contributed by atoms with Crippen LogP contribution in [0.5, 0.6) is 0 Å². The van der Waals surface area contributed by atoms with Crippen LogP contribution in [0.2, 0.25) is 0 Å². The Hall–Kier alpha value is -1.05. The second kappa shape index (κ2) is 6.45. The Kier molecular flexibility index (Phi) is 4.71. The lowest BCUT2D eigenvalue weighted by Gasteiger charge is -2.29. The van der Waals surface area contributed by atoms with Crippen LogP contribution in [0.1, 0.15) is 33.1 Å². The number of nitrogens with one attached hydrogen (secondary N) is 1. The quantitative estimate of drug-likeness (QED) is 0.887. The topological polar surface area (TPSA) is 66.5 Å². The van der Waals surface area contributed by atoms with Crippen molar-refractivity contribution in [2.24, 2.45) is 5.92 Å². The van der Waals surface area contributed by atoms with Gasteiger partial charge >= 0.3 is 0 Å². The fraction of sp³-hybridized carbons (Fsp3) is 0.562. The van der Waals surface area contributed by atoms with Gasteiger partial charge in [0.2, 0.25) is 15.9 Å². The van der Waals surface area contributed by atoms with Crippen molar-refractivity contribution in [2.75, 3.05) is 18.4 Å². The molecule has 0 aliphatic carbocycles. The van der Waals surface area contributed by atoms with Crippen LogP contribution < -0.4 is 5.32 Å². The number of amides is 1. The minimum Gasteiger partial charge on any atom is -0.325 e. The average molecular weight is 354 g/mol. The second-order valence-corrected chi connectivity index (χ2v) is 9.84. The summed E-state index contributed by atoms with van der Waals surface area (Å²) < 4.78 is 27.2. The van der Waals surface area contributed by atoms with Gasteiger partial charge < -0.3 is 5.32 Å². The smallest absolute Gasteiger partial charge is 0.243 e. The maximum absolute atomic E-state index is 12.8. The average Bonchev–Trinajstić information content (AvgIpc) is 2.63. The predicted molar refractivity (Wildman–Crippen MR) is 92.2 cm³/mol. The Bertz CT molecular complexity index is 710. The SMILES string of the molecule is CC1CCN(S(=O)(=O)c2ccc3c(c2)NC(=O)C[C@H](C)S3)CC1. The minimum absolute atomic E-state index is 0.0647. The van der Waals surface area contributed by atoms with E-state index in [0.29, 0.717) is 31.1 Å². The molecule has 2 aliphatic rings. The van der Waals surface area contributed by atoms with Gasteiger partial charge in [-0.2, -0.15) is 4.31 Å². The van der Waals surface area contributed by atoms with E-state index in [1.54, 1.807) is 28.2 Å². The van der Waals surface area contributed by atoms with Crippen molar-refractivity contribution in [1.82, 2.24) is 4.31 Å². The van der Waals surface area contributed by atoms with Crippen LogP contribution in [0, 0.1) is 5.92 Å². The molecule has 0 bridgehead atoms. The second-order valence-electron chi connectivity index (χ2n) is 6.43. The van der Waals surface area contributed by atoms with E-state index < -0.39 is 10.0 Å². The zero-order chi connectivity index (χ0) is 16.6. The van der Waals surface area contributed by atoms with Gasteiger partial charge in [-0.15, -0.1) is 11.8 Å². The molecule has 0 unspecified atom stereocenters. The molecule has 0 saturated carbocycles. The van der Waals surface area contributed by atoms with E-state index in [1.165, 1.54) is 0 Å². The van der Waals surface area contributed by atoms with Gasteiger partial charge in [-0.3, -0.25) is 4.79 Å². The standard InChI is InChI=1S/C16H22N2O3S2/c1-11-5-7-18(8-6-11)23(20,21)13-3-4-15-14(10-13)17-16(19)9-12(2)22-15/h3-4,10-12H,5-9H2,1-2H3,(H,17,19)/t12-/m0/s1. The van der Waals surface area contributed by atoms with Crippen LogP contribution in [-0.2, 0) is 14.8 Å². The van der Waals surface area contributed by atoms with Crippen molar-refractivity contribution in [2.45, 2.75) is 48.2 Å². The van der Waals surface area contributed by atoms with Gasteiger partial charge in [-0.25, -0.2) is 8.42 Å². The number of hydrogen-bond donors (Lipinski definition) is 1. The van der Waals surface area contributed by atoms with Gasteiger partial charge in [0.25, 0.3) is 0 Å². The van der Waals surface area contributed by atoms with E-state index in [0.717, 1.165) is 17.7 Å². The fourth-order valence-corrected chi connectivity index (χ4v) is 5.51. The van der Waals surface area contributed by atoms with Crippen molar-refractivity contribution in [3.05, 3.63) is 18.2 Å². The lowest BCUT2D eigenvalue weighted by Crippen LogP contribution is -2.37. The summed E-state index contributed by atoms with van der Waals surface area (Å²) in [6, 6.07) is 5.07. The first kappa shape index (κ1) is 16.8. The van der Waals surface area contributed by atoms with Crippen molar-refractivity contribution < 1.29 is 13.2 Å². The lowest BCUT2D eigenvalue weighted by atomic mass is 10.0. The maximum Gasteiger partial charge on any atom is 0.243 e. The summed E-state index contributed by atoms with van der Waals surface area (Å²) in [6.07, 6.45) is 2.23. The summed E-state index contributed by atoms with van der Waals surface area (Å²) in [5.41, 5.74) is 0.607. The first-order chi connectivity index (χ1) is 10.9. The molecule has 23 heavy (non-hydrogen) atoms. The Morgan fingerprint density at radius 1 is 1.22 bits per heavy atom. The minimum atomic E-state index is -3.49. The third-order valence-electron chi connectivity index (χ3n) is 4.41. The number of piperidine rings is 1. The van der Waals surface area contributed by atoms with Crippen LogP contribution in [-0.4, -0.2) is 37.0 Å². The molecule has 2 heterocycles. The molecule has 7 heteroatoms. The van der Waals surface area contributed by atoms with Gasteiger partial charge in [0.15, 0.2) is 0 Å². The monoisotopic (exact) mass is 354 g/mol. The van der Waals surface area contributed by atoms with E-state index in [4.69, 9.17) is 0 Å². The van der Waals surface area contributed by atoms with Gasteiger partial charge in [0, 0.05) is 29.7 Å². The third-order valence-corrected chi connectivity index (χ3v) is 7.48. The Morgan fingerprint density at radius 3 is 2.61 bits per heavy atom. The Labute approximate surface area is 141 Å². The molecule has 1 atom stereocenters. The summed E-state index contributed by atoms with van der Waals surface area (Å²) in [4.78, 5) is 13.1. The summed E-state index contributed by atoms with van der Waals surface area (Å²) in [7, 11) is -3.49. The molecular weight excluding hydrogens is 332 g/mol. The summed E-state index contributed by atoms with van der Waals surface area (Å²) in [6.45, 7) is 5.29. The summed E-state index contributed by atoms with van der Waals surface area (Å²) >= 11 is 1.60. The number of carbonyl (C=O) groups is 1. The molecule has 0 radical (unpaired) electrons. The molecule has 126 valence electrons. The first-order valence-corrected chi connectivity index (χ1v) is 10.3. The largest absolute Gasteiger partial charge is 0.325 e. The number of hydrogen-bond acceptors (Lipinski definition) is 4. The van der Waals surface area contributed by atoms with Crippen LogP contribution in [0.15, 0.2) is 28.0 Å². The summed E-state index contributed by atoms with van der Waals surface area (Å²) in [5.74, 6) is 0.510. The normalized spacial score (nSPS) is 23.9. The van der Waals surface area contributed by atoms with E-state index in [-0.39, 0.29) is 16.1 Å². The number of sulfonamides is 1. The highest BCUT2D eigenvalue weighted by molar-refractivity contribution is 8.00. The Morgan fingerprint density at radius 2 is 1.91 bits per heavy atom. The van der Waals surface area contributed by atoms with E-state index in [2.05, 4.69) is 12.2 Å². The maximum atomic E-state index is 12.8. The number of nitrogens with zero attached hydrogens (tertiary/aromatic N) is 1. The first-order valence-electron chi connectivity index (χ1n) is 7.97. The number of rotatable bonds is 2. The molecule has 0 spiro atoms. The number of carbonyl (C=O) groups excluding carboxylic acids is 1. The zero-order valence-electron chi connectivity index (χ0n) is 13.4. The highest BCUT2D eigenvalue weighted by Crippen LogP contribution is 2.37. The van der Waals surface area contributed by atoms with E-state index in [9.17, 15) is 13.2 Å². The van der Waals surface area contributed by atoms with E-state index >= 15 is 0 Å². The van der Waals surface area contributed by atoms with Crippen molar-refractivity contribution in [1.29, 1.82) is 0 Å². The van der Waals surface area contributed by atoms with Crippen molar-refractivity contribution in [3.8, 4) is 0 Å². The van der Waals surface area contributed by atoms with Crippen LogP contribution in [0.25, 0.3) is 0 Å². The molecular formula is C16H22N2O3S2. The highest BCUT2D eigenvalue weighted by atomic mass is 32.2. The van der Waals surface area contributed by atoms with E-state index in [1.807, 2.05) is 13.0 Å². The molecule has 3 rings (SSSR count). The molecule has 1 aromatic rings. The fourth-order valence-electron chi connectivity index (χ4n) is 2.97. The number of thioether (sulfide) groups is 1. The lowest BCUT2D eigenvalue weighted by molar-refractivity contribution is -0.116. The van der Waals surface area contributed by atoms with Gasteiger partial charge in [-0.05, 0) is 37.0 Å². The van der Waals surface area contributed by atoms with Crippen LogP contribution in [0.3, 0.4) is 0 Å². The molecule has 1 saturated heterocycles. The number of fused-ring (bicyclic) bond motifs is 1. The highest BCUT2D eigenvalue weighted by Gasteiger charge is 2.29. The molecule has 1 amide bonds. The molecule has 1 aromatic carbocycles. The Balaban J connectivity index is 1.90. The predicted octanol–water partition coefficient (Wildman–Crippen LogP) is 2.93. The zero-order valence-corrected chi connectivity index (χ0v) is 15.0. The molecule has 1 N–H and O–H groups in total.